The van der Waals surface area contributed by atoms with Crippen molar-refractivity contribution in [3.05, 3.63) is 12.2 Å². The lowest BCUT2D eigenvalue weighted by Gasteiger charge is -2.36. The van der Waals surface area contributed by atoms with Gasteiger partial charge in [-0.05, 0) is 13.3 Å². The first kappa shape index (κ1) is 12.5. The fourth-order valence-corrected chi connectivity index (χ4v) is 1.99. The van der Waals surface area contributed by atoms with Crippen LogP contribution in [0.5, 0.6) is 0 Å². The van der Waals surface area contributed by atoms with Gasteiger partial charge in [0.2, 0.25) is 18.2 Å². The first-order chi connectivity index (χ1) is 8.63. The van der Waals surface area contributed by atoms with Gasteiger partial charge in [0.05, 0.1) is 0 Å². The van der Waals surface area contributed by atoms with Gasteiger partial charge in [-0.15, -0.1) is 0 Å². The van der Waals surface area contributed by atoms with Gasteiger partial charge in [0.15, 0.2) is 5.82 Å². The Kier molecular flexibility index (Phi) is 3.59. The Balaban J connectivity index is 2.03. The second-order valence-electron chi connectivity index (χ2n) is 4.27. The molecular weight excluding hydrogens is 236 g/mol. The maximum atomic E-state index is 12.1. The molecule has 0 spiro atoms. The van der Waals surface area contributed by atoms with E-state index >= 15 is 0 Å². The highest BCUT2D eigenvalue weighted by Gasteiger charge is 2.36. The summed E-state index contributed by atoms with van der Waals surface area (Å²) in [6.45, 7) is 4.01. The van der Waals surface area contributed by atoms with Gasteiger partial charge in [-0.25, -0.2) is 0 Å². The van der Waals surface area contributed by atoms with Crippen LogP contribution in [0.15, 0.2) is 10.9 Å². The van der Waals surface area contributed by atoms with Crippen LogP contribution in [-0.4, -0.2) is 45.5 Å². The fourth-order valence-electron chi connectivity index (χ4n) is 1.99. The number of hydrogen-bond donors (Lipinski definition) is 1. The minimum Gasteiger partial charge on any atom is -0.343 e. The second-order valence-corrected chi connectivity index (χ2v) is 4.27. The van der Waals surface area contributed by atoms with Gasteiger partial charge in [-0.2, -0.15) is 4.98 Å². The Morgan fingerprint density at radius 1 is 1.50 bits per heavy atom. The van der Waals surface area contributed by atoms with Crippen LogP contribution >= 0.6 is 0 Å². The van der Waals surface area contributed by atoms with E-state index in [0.717, 1.165) is 0 Å². The van der Waals surface area contributed by atoms with Gasteiger partial charge in [0, 0.05) is 13.0 Å². The normalized spacial score (nSPS) is 24.2. The molecule has 1 N–H and O–H groups in total. The predicted octanol–water partition coefficient (Wildman–Crippen LogP) is -0.262. The van der Waals surface area contributed by atoms with Crippen molar-refractivity contribution in [2.24, 2.45) is 0 Å². The molecule has 18 heavy (non-hydrogen) atoms. The van der Waals surface area contributed by atoms with E-state index in [9.17, 15) is 9.59 Å². The minimum atomic E-state index is -0.452. The Bertz CT molecular complexity index is 432. The molecule has 0 aromatic carbocycles. The molecule has 98 valence electrons. The largest absolute Gasteiger partial charge is 0.343 e. The molecule has 0 saturated carbocycles. The summed E-state index contributed by atoms with van der Waals surface area (Å²) in [4.78, 5) is 29.3. The lowest BCUT2D eigenvalue weighted by Crippen LogP contribution is -2.62. The lowest BCUT2D eigenvalue weighted by molar-refractivity contribution is -0.148. The zero-order valence-electron chi connectivity index (χ0n) is 10.4. The van der Waals surface area contributed by atoms with Crippen molar-refractivity contribution in [1.82, 2.24) is 20.4 Å². The molecule has 1 saturated heterocycles. The first-order valence-corrected chi connectivity index (χ1v) is 5.99. The van der Waals surface area contributed by atoms with Crippen LogP contribution in [0.25, 0.3) is 0 Å². The van der Waals surface area contributed by atoms with Crippen molar-refractivity contribution in [2.75, 3.05) is 6.54 Å². The standard InChI is InChI=1S/C11H16N4O3/c1-3-8-11(17)15(7(2)10(16)13-8)5-4-9-12-6-18-14-9/h6-8H,3-5H2,1-2H3,(H,13,16). The molecule has 1 aromatic rings. The third-order valence-corrected chi connectivity index (χ3v) is 3.14. The average molecular weight is 252 g/mol. The Morgan fingerprint density at radius 2 is 2.28 bits per heavy atom. The van der Waals surface area contributed by atoms with Gasteiger partial charge in [-0.3, -0.25) is 9.59 Å². The topological polar surface area (TPSA) is 88.3 Å². The number of nitrogens with one attached hydrogen (secondary N) is 1. The number of piperazine rings is 1. The molecule has 2 amide bonds. The molecule has 1 aliphatic heterocycles. The van der Waals surface area contributed by atoms with Crippen molar-refractivity contribution in [3.8, 4) is 0 Å². The highest BCUT2D eigenvalue weighted by molar-refractivity contribution is 5.96. The molecule has 1 aliphatic rings. The van der Waals surface area contributed by atoms with E-state index in [1.54, 1.807) is 11.8 Å². The zero-order valence-corrected chi connectivity index (χ0v) is 10.4. The molecule has 7 heteroatoms. The molecule has 2 rings (SSSR count). The van der Waals surface area contributed by atoms with E-state index in [1.165, 1.54) is 6.39 Å². The molecule has 2 heterocycles. The first-order valence-electron chi connectivity index (χ1n) is 5.99. The number of aromatic nitrogens is 2. The maximum absolute atomic E-state index is 12.1. The quantitative estimate of drug-likeness (QED) is 0.797. The van der Waals surface area contributed by atoms with E-state index in [4.69, 9.17) is 0 Å². The van der Waals surface area contributed by atoms with Gasteiger partial charge in [-0.1, -0.05) is 12.1 Å². The van der Waals surface area contributed by atoms with Crippen LogP contribution < -0.4 is 5.32 Å². The van der Waals surface area contributed by atoms with Crippen LogP contribution in [-0.2, 0) is 16.0 Å². The van der Waals surface area contributed by atoms with E-state index in [0.29, 0.717) is 25.2 Å². The zero-order chi connectivity index (χ0) is 13.1. The predicted molar refractivity (Wildman–Crippen MR) is 61.4 cm³/mol. The molecule has 0 bridgehead atoms. The molecule has 0 aliphatic carbocycles. The van der Waals surface area contributed by atoms with Crippen molar-refractivity contribution in [1.29, 1.82) is 0 Å². The Hall–Kier alpha value is -1.92. The molecule has 1 fully saturated rings. The third-order valence-electron chi connectivity index (χ3n) is 3.14. The number of carbonyl (C=O) groups is 2. The number of rotatable bonds is 4. The summed E-state index contributed by atoms with van der Waals surface area (Å²) in [5.41, 5.74) is 0. The summed E-state index contributed by atoms with van der Waals surface area (Å²) in [6, 6.07) is -0.869. The molecule has 0 radical (unpaired) electrons. The van der Waals surface area contributed by atoms with E-state index < -0.39 is 12.1 Å². The number of carbonyl (C=O) groups excluding carboxylic acids is 2. The van der Waals surface area contributed by atoms with Crippen molar-refractivity contribution in [3.63, 3.8) is 0 Å². The highest BCUT2D eigenvalue weighted by Crippen LogP contribution is 2.12. The average Bonchev–Trinajstić information content (AvgIpc) is 2.87. The van der Waals surface area contributed by atoms with Gasteiger partial charge >= 0.3 is 0 Å². The summed E-state index contributed by atoms with van der Waals surface area (Å²) in [7, 11) is 0. The minimum absolute atomic E-state index is 0.0481. The van der Waals surface area contributed by atoms with Crippen molar-refractivity contribution in [2.45, 2.75) is 38.8 Å². The molecule has 2 unspecified atom stereocenters. The van der Waals surface area contributed by atoms with Crippen molar-refractivity contribution < 1.29 is 14.1 Å². The number of hydrogen-bond acceptors (Lipinski definition) is 5. The molecule has 2 atom stereocenters. The van der Waals surface area contributed by atoms with E-state index in [1.807, 2.05) is 6.92 Å². The fraction of sp³-hybridized carbons (Fsp3) is 0.636. The molecule has 1 aromatic heterocycles. The second kappa shape index (κ2) is 5.16. The highest BCUT2D eigenvalue weighted by atomic mass is 16.5. The van der Waals surface area contributed by atoms with E-state index in [2.05, 4.69) is 20.0 Å². The summed E-state index contributed by atoms with van der Waals surface area (Å²) >= 11 is 0. The Morgan fingerprint density at radius 3 is 2.89 bits per heavy atom. The molecule has 7 nitrogen and oxygen atoms in total. The SMILES string of the molecule is CCC1NC(=O)C(C)N(CCc2ncon2)C1=O. The van der Waals surface area contributed by atoms with Crippen LogP contribution in [0.3, 0.4) is 0 Å². The summed E-state index contributed by atoms with van der Waals surface area (Å²) in [6.07, 6.45) is 2.32. The Labute approximate surface area is 105 Å². The molecular formula is C11H16N4O3. The van der Waals surface area contributed by atoms with Gasteiger partial charge < -0.3 is 14.7 Å². The van der Waals surface area contributed by atoms with Crippen molar-refractivity contribution >= 4 is 11.8 Å². The number of amides is 2. The van der Waals surface area contributed by atoms with Crippen LogP contribution in [0.4, 0.5) is 0 Å². The lowest BCUT2D eigenvalue weighted by atomic mass is 10.1. The number of nitrogens with zero attached hydrogens (tertiary/aromatic N) is 3. The maximum Gasteiger partial charge on any atom is 0.245 e. The third kappa shape index (κ3) is 2.34. The monoisotopic (exact) mass is 252 g/mol. The summed E-state index contributed by atoms with van der Waals surface area (Å²) < 4.78 is 4.63. The van der Waals surface area contributed by atoms with Crippen LogP contribution in [0.2, 0.25) is 0 Å². The van der Waals surface area contributed by atoms with E-state index in [-0.39, 0.29) is 11.8 Å². The smallest absolute Gasteiger partial charge is 0.245 e. The summed E-state index contributed by atoms with van der Waals surface area (Å²) in [5, 5.41) is 6.39. The van der Waals surface area contributed by atoms with Gasteiger partial charge in [0.25, 0.3) is 0 Å². The van der Waals surface area contributed by atoms with Crippen LogP contribution in [0, 0.1) is 0 Å². The summed E-state index contributed by atoms with van der Waals surface area (Å²) in [5.74, 6) is 0.372. The van der Waals surface area contributed by atoms with Gasteiger partial charge in [0.1, 0.15) is 12.1 Å². The van der Waals surface area contributed by atoms with Crippen LogP contribution in [0.1, 0.15) is 26.1 Å².